The smallest absolute Gasteiger partial charge is 0.243 e. The van der Waals surface area contributed by atoms with Crippen molar-refractivity contribution in [3.63, 3.8) is 0 Å². The van der Waals surface area contributed by atoms with Crippen molar-refractivity contribution in [1.29, 1.82) is 0 Å². The van der Waals surface area contributed by atoms with Crippen molar-refractivity contribution in [2.24, 2.45) is 11.7 Å². The number of carbonyl (C=O) groups is 1. The quantitative estimate of drug-likeness (QED) is 0.634. The number of amides is 1. The second-order valence-electron chi connectivity index (χ2n) is 3.54. The van der Waals surface area contributed by atoms with Crippen LogP contribution in [-0.2, 0) is 4.79 Å². The van der Waals surface area contributed by atoms with Gasteiger partial charge in [-0.2, -0.15) is 0 Å². The summed E-state index contributed by atoms with van der Waals surface area (Å²) in [5.41, 5.74) is 5.60. The van der Waals surface area contributed by atoms with E-state index in [9.17, 15) is 4.79 Å². The summed E-state index contributed by atoms with van der Waals surface area (Å²) >= 11 is 0. The van der Waals surface area contributed by atoms with Gasteiger partial charge in [0.15, 0.2) is 0 Å². The van der Waals surface area contributed by atoms with Crippen molar-refractivity contribution in [1.82, 2.24) is 5.32 Å². The van der Waals surface area contributed by atoms with E-state index in [2.05, 4.69) is 5.32 Å². The van der Waals surface area contributed by atoms with Gasteiger partial charge in [0.2, 0.25) is 5.91 Å². The Labute approximate surface area is 79.4 Å². The van der Waals surface area contributed by atoms with Gasteiger partial charge in [-0.15, -0.1) is 0 Å². The molecular weight excluding hydrogens is 164 g/mol. The minimum Gasteiger partial charge on any atom is -0.350 e. The molecular formula is C10H18N2O. The Bertz CT molecular complexity index is 201. The number of nitrogens with one attached hydrogen (secondary N) is 1. The zero-order valence-corrected chi connectivity index (χ0v) is 8.12. The number of nitrogens with two attached hydrogens (primary N) is 1. The summed E-state index contributed by atoms with van der Waals surface area (Å²) in [6.07, 6.45) is 6.72. The van der Waals surface area contributed by atoms with Crippen LogP contribution >= 0.6 is 0 Å². The maximum Gasteiger partial charge on any atom is 0.243 e. The first-order valence-corrected chi connectivity index (χ1v) is 4.91. The van der Waals surface area contributed by atoms with Crippen LogP contribution in [0.3, 0.4) is 0 Å². The molecule has 2 atom stereocenters. The number of carbonyl (C=O) groups excluding carboxylic acids is 1. The highest BCUT2D eigenvalue weighted by atomic mass is 16.1. The molecule has 1 aliphatic carbocycles. The van der Waals surface area contributed by atoms with Gasteiger partial charge in [0.05, 0.1) is 0 Å². The van der Waals surface area contributed by atoms with Crippen molar-refractivity contribution in [2.75, 3.05) is 6.54 Å². The average Bonchev–Trinajstić information content (AvgIpc) is 2.52. The molecule has 0 radical (unpaired) electrons. The van der Waals surface area contributed by atoms with Gasteiger partial charge in [-0.05, 0) is 38.3 Å². The van der Waals surface area contributed by atoms with E-state index in [0.717, 1.165) is 12.8 Å². The molecule has 1 amide bonds. The highest BCUT2D eigenvalue weighted by Gasteiger charge is 2.26. The van der Waals surface area contributed by atoms with Crippen LogP contribution in [-0.4, -0.2) is 18.5 Å². The maximum atomic E-state index is 11.2. The lowest BCUT2D eigenvalue weighted by molar-refractivity contribution is -0.117. The lowest BCUT2D eigenvalue weighted by Crippen LogP contribution is -2.39. The fraction of sp³-hybridized carbons (Fsp3) is 0.700. The van der Waals surface area contributed by atoms with Crippen LogP contribution in [0.25, 0.3) is 0 Å². The molecule has 1 aliphatic rings. The summed E-state index contributed by atoms with van der Waals surface area (Å²) in [5.74, 6) is 0.488. The van der Waals surface area contributed by atoms with Crippen LogP contribution in [0.4, 0.5) is 0 Å². The number of hydrogen-bond donors (Lipinski definition) is 2. The number of allylic oxidation sites excluding steroid dienone is 1. The van der Waals surface area contributed by atoms with Crippen LogP contribution in [0.5, 0.6) is 0 Å². The zero-order valence-electron chi connectivity index (χ0n) is 8.12. The molecule has 2 unspecified atom stereocenters. The van der Waals surface area contributed by atoms with Gasteiger partial charge >= 0.3 is 0 Å². The Morgan fingerprint density at radius 3 is 3.00 bits per heavy atom. The molecule has 3 N–H and O–H groups in total. The summed E-state index contributed by atoms with van der Waals surface area (Å²) in [7, 11) is 0. The predicted molar refractivity (Wildman–Crippen MR) is 53.1 cm³/mol. The number of rotatable bonds is 3. The SMILES string of the molecule is CC=CC(=O)NC1CCCC1CN. The third-order valence-corrected chi connectivity index (χ3v) is 2.61. The highest BCUT2D eigenvalue weighted by Crippen LogP contribution is 2.24. The van der Waals surface area contributed by atoms with Gasteiger partial charge in [-0.3, -0.25) is 4.79 Å². The maximum absolute atomic E-state index is 11.2. The molecule has 3 nitrogen and oxygen atoms in total. The topological polar surface area (TPSA) is 55.1 Å². The van der Waals surface area contributed by atoms with Crippen LogP contribution < -0.4 is 11.1 Å². The van der Waals surface area contributed by atoms with Gasteiger partial charge in [-0.1, -0.05) is 12.5 Å². The van der Waals surface area contributed by atoms with Crippen molar-refractivity contribution in [3.05, 3.63) is 12.2 Å². The van der Waals surface area contributed by atoms with Crippen molar-refractivity contribution < 1.29 is 4.79 Å². The zero-order chi connectivity index (χ0) is 9.68. The molecule has 0 bridgehead atoms. The van der Waals surface area contributed by atoms with E-state index in [-0.39, 0.29) is 5.91 Å². The Balaban J connectivity index is 2.39. The van der Waals surface area contributed by atoms with Gasteiger partial charge in [0.25, 0.3) is 0 Å². The van der Waals surface area contributed by atoms with E-state index in [4.69, 9.17) is 5.73 Å². The fourth-order valence-electron chi connectivity index (χ4n) is 1.89. The van der Waals surface area contributed by atoms with Gasteiger partial charge < -0.3 is 11.1 Å². The Hall–Kier alpha value is -0.830. The molecule has 0 aromatic carbocycles. The van der Waals surface area contributed by atoms with E-state index in [1.165, 1.54) is 6.42 Å². The molecule has 74 valence electrons. The summed E-state index contributed by atoms with van der Waals surface area (Å²) in [6, 6.07) is 0.300. The highest BCUT2D eigenvalue weighted by molar-refractivity contribution is 5.87. The van der Waals surface area contributed by atoms with E-state index >= 15 is 0 Å². The number of hydrogen-bond acceptors (Lipinski definition) is 2. The van der Waals surface area contributed by atoms with Crippen LogP contribution in [0.15, 0.2) is 12.2 Å². The Morgan fingerprint density at radius 1 is 1.62 bits per heavy atom. The molecule has 0 aromatic heterocycles. The molecule has 1 rings (SSSR count). The molecule has 0 heterocycles. The van der Waals surface area contributed by atoms with Gasteiger partial charge in [0, 0.05) is 6.04 Å². The summed E-state index contributed by atoms with van der Waals surface area (Å²) in [5, 5.41) is 2.98. The fourth-order valence-corrected chi connectivity index (χ4v) is 1.89. The average molecular weight is 182 g/mol. The third kappa shape index (κ3) is 2.84. The van der Waals surface area contributed by atoms with Crippen LogP contribution in [0, 0.1) is 5.92 Å². The van der Waals surface area contributed by atoms with E-state index < -0.39 is 0 Å². The standard InChI is InChI=1S/C10H18N2O/c1-2-4-10(13)12-9-6-3-5-8(9)7-11/h2,4,8-9H,3,5-7,11H2,1H3,(H,12,13). The molecule has 1 saturated carbocycles. The molecule has 13 heavy (non-hydrogen) atoms. The van der Waals surface area contributed by atoms with Crippen molar-refractivity contribution in [3.8, 4) is 0 Å². The Kier molecular flexibility index (Phi) is 3.96. The van der Waals surface area contributed by atoms with E-state index in [1.807, 2.05) is 6.92 Å². The molecule has 0 saturated heterocycles. The molecule has 3 heteroatoms. The second kappa shape index (κ2) is 5.02. The first kappa shape index (κ1) is 10.3. The largest absolute Gasteiger partial charge is 0.350 e. The first-order chi connectivity index (χ1) is 6.27. The normalized spacial score (nSPS) is 28.2. The molecule has 0 aliphatic heterocycles. The predicted octanol–water partition coefficient (Wildman–Crippen LogP) is 0.806. The molecule has 0 spiro atoms. The van der Waals surface area contributed by atoms with Crippen LogP contribution in [0.2, 0.25) is 0 Å². The lowest BCUT2D eigenvalue weighted by Gasteiger charge is -2.18. The Morgan fingerprint density at radius 2 is 2.38 bits per heavy atom. The monoisotopic (exact) mass is 182 g/mol. The summed E-state index contributed by atoms with van der Waals surface area (Å²) < 4.78 is 0. The second-order valence-corrected chi connectivity index (χ2v) is 3.54. The summed E-state index contributed by atoms with van der Waals surface area (Å²) in [4.78, 5) is 11.2. The van der Waals surface area contributed by atoms with E-state index in [1.54, 1.807) is 12.2 Å². The minimum absolute atomic E-state index is 0.00727. The molecule has 0 aromatic rings. The summed E-state index contributed by atoms with van der Waals surface area (Å²) in [6.45, 7) is 2.52. The minimum atomic E-state index is 0.00727. The van der Waals surface area contributed by atoms with E-state index in [0.29, 0.717) is 18.5 Å². The lowest BCUT2D eigenvalue weighted by atomic mass is 10.0. The van der Waals surface area contributed by atoms with Crippen LogP contribution in [0.1, 0.15) is 26.2 Å². The van der Waals surface area contributed by atoms with Crippen molar-refractivity contribution in [2.45, 2.75) is 32.2 Å². The van der Waals surface area contributed by atoms with Gasteiger partial charge in [0.1, 0.15) is 0 Å². The van der Waals surface area contributed by atoms with Crippen molar-refractivity contribution >= 4 is 5.91 Å². The molecule has 1 fully saturated rings. The first-order valence-electron chi connectivity index (χ1n) is 4.91. The van der Waals surface area contributed by atoms with Gasteiger partial charge in [-0.25, -0.2) is 0 Å². The third-order valence-electron chi connectivity index (χ3n) is 2.61.